The maximum absolute atomic E-state index is 2.46. The molecule has 3 aromatic heterocycles. The third kappa shape index (κ3) is 4.70. The maximum atomic E-state index is 2.46. The Morgan fingerprint density at radius 3 is 1.58 bits per heavy atom. The molecule has 1 aliphatic rings. The number of hydrogen-bond acceptors (Lipinski definition) is 1. The maximum Gasteiger partial charge on any atom is 0.0541 e. The average Bonchev–Trinajstić information content (AvgIpc) is 4.01. The predicted octanol–water partition coefficient (Wildman–Crippen LogP) is 15.9. The number of aromatic nitrogens is 2. The standard InChI is InChI=1S/C57H38N2S/c1-57(2)49-18-7-3-12-41(49)42-29-28-39(34-50(42)57)59-52-20-9-5-14-44(52)48-33-37(25-31-54(48)59)36-24-30-53-47(32-36)43-13-4-8-19-51(43)58(53)38-26-22-35(23-27-38)40-16-11-17-46-45-15-6-10-21-55(45)60-56(40)46/h3-34H,1-2H3. The van der Waals surface area contributed by atoms with Crippen molar-refractivity contribution in [3.8, 4) is 44.8 Å². The van der Waals surface area contributed by atoms with E-state index >= 15 is 0 Å². The summed E-state index contributed by atoms with van der Waals surface area (Å²) < 4.78 is 7.56. The lowest BCUT2D eigenvalue weighted by molar-refractivity contribution is 0.660. The number of thiophene rings is 1. The Morgan fingerprint density at radius 1 is 0.350 bits per heavy atom. The monoisotopic (exact) mass is 782 g/mol. The molecular weight excluding hydrogens is 745 g/mol. The lowest BCUT2D eigenvalue weighted by Crippen LogP contribution is -2.15. The molecule has 0 N–H and O–H groups in total. The Morgan fingerprint density at radius 2 is 0.867 bits per heavy atom. The molecule has 3 heterocycles. The summed E-state index contributed by atoms with van der Waals surface area (Å²) in [4.78, 5) is 0. The van der Waals surface area contributed by atoms with Crippen LogP contribution in [0.3, 0.4) is 0 Å². The molecule has 0 amide bonds. The molecule has 0 bridgehead atoms. The number of hydrogen-bond donors (Lipinski definition) is 0. The van der Waals surface area contributed by atoms with E-state index in [9.17, 15) is 0 Å². The molecule has 13 rings (SSSR count). The lowest BCUT2D eigenvalue weighted by Gasteiger charge is -2.22. The van der Waals surface area contributed by atoms with Gasteiger partial charge in [0.2, 0.25) is 0 Å². The Balaban J connectivity index is 0.913. The fraction of sp³-hybridized carbons (Fsp3) is 0.0526. The van der Waals surface area contributed by atoms with Gasteiger partial charge in [-0.2, -0.15) is 0 Å². The molecule has 9 aromatic carbocycles. The van der Waals surface area contributed by atoms with Gasteiger partial charge in [-0.1, -0.05) is 141 Å². The fourth-order valence-corrected chi connectivity index (χ4v) is 11.7. The van der Waals surface area contributed by atoms with E-state index < -0.39 is 0 Å². The van der Waals surface area contributed by atoms with Gasteiger partial charge in [-0.25, -0.2) is 0 Å². The molecule has 0 unspecified atom stereocenters. The van der Waals surface area contributed by atoms with Crippen LogP contribution in [0.4, 0.5) is 0 Å². The van der Waals surface area contributed by atoms with Crippen molar-refractivity contribution in [3.63, 3.8) is 0 Å². The van der Waals surface area contributed by atoms with E-state index in [1.165, 1.54) is 114 Å². The van der Waals surface area contributed by atoms with Gasteiger partial charge >= 0.3 is 0 Å². The van der Waals surface area contributed by atoms with E-state index in [1.807, 2.05) is 11.3 Å². The average molecular weight is 783 g/mol. The number of fused-ring (bicyclic) bond motifs is 12. The van der Waals surface area contributed by atoms with Gasteiger partial charge in [0.25, 0.3) is 0 Å². The normalized spacial score (nSPS) is 13.3. The van der Waals surface area contributed by atoms with E-state index in [4.69, 9.17) is 0 Å². The molecule has 0 spiro atoms. The Kier molecular flexibility index (Phi) is 6.98. The van der Waals surface area contributed by atoms with Crippen LogP contribution in [0.1, 0.15) is 25.0 Å². The highest BCUT2D eigenvalue weighted by Gasteiger charge is 2.35. The molecule has 0 saturated heterocycles. The van der Waals surface area contributed by atoms with E-state index in [2.05, 4.69) is 217 Å². The zero-order chi connectivity index (χ0) is 39.7. The Labute approximate surface area is 351 Å². The van der Waals surface area contributed by atoms with Gasteiger partial charge in [0, 0.05) is 58.5 Å². The molecule has 60 heavy (non-hydrogen) atoms. The van der Waals surface area contributed by atoms with Crippen molar-refractivity contribution in [1.82, 2.24) is 9.13 Å². The summed E-state index contributed by atoms with van der Waals surface area (Å²) in [5, 5.41) is 7.70. The molecule has 0 radical (unpaired) electrons. The van der Waals surface area contributed by atoms with Crippen molar-refractivity contribution in [3.05, 3.63) is 205 Å². The summed E-state index contributed by atoms with van der Waals surface area (Å²) in [6, 6.07) is 72.3. The summed E-state index contributed by atoms with van der Waals surface area (Å²) in [5.41, 5.74) is 17.6. The van der Waals surface area contributed by atoms with Crippen molar-refractivity contribution < 1.29 is 0 Å². The third-order valence-corrected chi connectivity index (χ3v) is 14.6. The van der Waals surface area contributed by atoms with Crippen LogP contribution in [-0.4, -0.2) is 9.13 Å². The first kappa shape index (κ1) is 33.7. The summed E-state index contributed by atoms with van der Waals surface area (Å²) in [7, 11) is 0. The first-order valence-electron chi connectivity index (χ1n) is 20.8. The first-order chi connectivity index (χ1) is 29.5. The van der Waals surface area contributed by atoms with Crippen LogP contribution >= 0.6 is 11.3 Å². The van der Waals surface area contributed by atoms with Crippen molar-refractivity contribution in [2.75, 3.05) is 0 Å². The second-order valence-corrected chi connectivity index (χ2v) is 17.9. The number of para-hydroxylation sites is 2. The van der Waals surface area contributed by atoms with E-state index in [-0.39, 0.29) is 5.41 Å². The van der Waals surface area contributed by atoms with Gasteiger partial charge < -0.3 is 9.13 Å². The lowest BCUT2D eigenvalue weighted by atomic mass is 9.82. The van der Waals surface area contributed by atoms with Crippen LogP contribution in [0.25, 0.3) is 109 Å². The van der Waals surface area contributed by atoms with Crippen LogP contribution in [0.15, 0.2) is 194 Å². The second kappa shape index (κ2) is 12.4. The minimum atomic E-state index is -0.0612. The molecule has 2 nitrogen and oxygen atoms in total. The van der Waals surface area contributed by atoms with Gasteiger partial charge in [-0.3, -0.25) is 0 Å². The van der Waals surface area contributed by atoms with Gasteiger partial charge in [0.05, 0.1) is 22.1 Å². The molecule has 0 aliphatic heterocycles. The largest absolute Gasteiger partial charge is 0.309 e. The highest BCUT2D eigenvalue weighted by atomic mass is 32.1. The minimum absolute atomic E-state index is 0.0612. The van der Waals surface area contributed by atoms with Gasteiger partial charge in [-0.15, -0.1) is 11.3 Å². The topological polar surface area (TPSA) is 9.86 Å². The third-order valence-electron chi connectivity index (χ3n) is 13.3. The molecule has 0 fully saturated rings. The van der Waals surface area contributed by atoms with Crippen LogP contribution < -0.4 is 0 Å². The smallest absolute Gasteiger partial charge is 0.0541 e. The van der Waals surface area contributed by atoms with E-state index in [0.717, 1.165) is 5.69 Å². The van der Waals surface area contributed by atoms with Gasteiger partial charge in [0.15, 0.2) is 0 Å². The quantitative estimate of drug-likeness (QED) is 0.168. The molecule has 1 aliphatic carbocycles. The number of nitrogens with zero attached hydrogens (tertiary/aromatic N) is 2. The molecule has 0 saturated carbocycles. The van der Waals surface area contributed by atoms with Crippen LogP contribution in [-0.2, 0) is 5.41 Å². The van der Waals surface area contributed by atoms with Crippen LogP contribution in [0, 0.1) is 0 Å². The predicted molar refractivity (Wildman–Crippen MR) is 256 cm³/mol. The van der Waals surface area contributed by atoms with Crippen molar-refractivity contribution in [2.24, 2.45) is 0 Å². The molecule has 12 aromatic rings. The van der Waals surface area contributed by atoms with Crippen molar-refractivity contribution in [1.29, 1.82) is 0 Å². The van der Waals surface area contributed by atoms with Crippen molar-refractivity contribution >= 4 is 75.1 Å². The van der Waals surface area contributed by atoms with E-state index in [0.29, 0.717) is 0 Å². The molecule has 3 heteroatoms. The molecule has 0 atom stereocenters. The zero-order valence-corrected chi connectivity index (χ0v) is 34.1. The van der Waals surface area contributed by atoms with Gasteiger partial charge in [-0.05, 0) is 111 Å². The van der Waals surface area contributed by atoms with Crippen LogP contribution in [0.5, 0.6) is 0 Å². The Hall–Kier alpha value is -7.20. The first-order valence-corrected chi connectivity index (χ1v) is 21.7. The SMILES string of the molecule is CC1(C)c2ccccc2-c2ccc(-n3c4ccccc4c4cc(-c5ccc6c(c5)c5ccccc5n6-c5ccc(-c6cccc7c6sc6ccccc67)cc5)ccc43)cc21. The summed E-state index contributed by atoms with van der Waals surface area (Å²) in [6.45, 7) is 4.72. The summed E-state index contributed by atoms with van der Waals surface area (Å²) in [5.74, 6) is 0. The Bertz CT molecular complexity index is 3740. The highest BCUT2D eigenvalue weighted by Crippen LogP contribution is 2.50. The second-order valence-electron chi connectivity index (χ2n) is 16.9. The molecular formula is C57H38N2S. The van der Waals surface area contributed by atoms with Gasteiger partial charge in [0.1, 0.15) is 0 Å². The van der Waals surface area contributed by atoms with E-state index in [1.54, 1.807) is 0 Å². The highest BCUT2D eigenvalue weighted by molar-refractivity contribution is 7.26. The minimum Gasteiger partial charge on any atom is -0.309 e. The molecule has 282 valence electrons. The fourth-order valence-electron chi connectivity index (χ4n) is 10.5. The summed E-state index contributed by atoms with van der Waals surface area (Å²) >= 11 is 1.88. The van der Waals surface area contributed by atoms with Crippen molar-refractivity contribution in [2.45, 2.75) is 19.3 Å². The summed E-state index contributed by atoms with van der Waals surface area (Å²) in [6.07, 6.45) is 0. The number of benzene rings is 9. The number of rotatable bonds is 4. The zero-order valence-electron chi connectivity index (χ0n) is 33.3. The van der Waals surface area contributed by atoms with Crippen LogP contribution in [0.2, 0.25) is 0 Å².